The molecule has 0 aliphatic heterocycles. The third-order valence-corrected chi connectivity index (χ3v) is 3.24. The molecule has 1 heterocycles. The Kier molecular flexibility index (Phi) is 4.01. The Hall–Kier alpha value is -2.08. The van der Waals surface area contributed by atoms with Crippen molar-refractivity contribution < 1.29 is 9.90 Å². The van der Waals surface area contributed by atoms with Gasteiger partial charge in [-0.2, -0.15) is 0 Å². The summed E-state index contributed by atoms with van der Waals surface area (Å²) in [5.74, 6) is -0.0979. The predicted molar refractivity (Wildman–Crippen MR) is 75.0 cm³/mol. The summed E-state index contributed by atoms with van der Waals surface area (Å²) in [5, 5.41) is 9.23. The van der Waals surface area contributed by atoms with E-state index in [4.69, 9.17) is 10.8 Å². The maximum absolute atomic E-state index is 10.6. The van der Waals surface area contributed by atoms with Gasteiger partial charge in [0, 0.05) is 11.6 Å². The molecule has 2 aromatic rings. The van der Waals surface area contributed by atoms with Gasteiger partial charge in [0.15, 0.2) is 5.82 Å². The molecule has 98 valence electrons. The van der Waals surface area contributed by atoms with Crippen LogP contribution in [0.2, 0.25) is 0 Å². The van der Waals surface area contributed by atoms with E-state index in [-0.39, 0.29) is 5.75 Å². The summed E-state index contributed by atoms with van der Waals surface area (Å²) >= 11 is 1.13. The van der Waals surface area contributed by atoms with Gasteiger partial charge in [0.2, 0.25) is 0 Å². The van der Waals surface area contributed by atoms with E-state index in [1.165, 1.54) is 0 Å². The molecule has 0 saturated carbocycles. The Labute approximate surface area is 114 Å². The van der Waals surface area contributed by atoms with Crippen molar-refractivity contribution in [3.63, 3.8) is 0 Å². The van der Waals surface area contributed by atoms with Gasteiger partial charge in [0.05, 0.1) is 5.75 Å². The van der Waals surface area contributed by atoms with Crippen LogP contribution in [-0.2, 0) is 4.79 Å². The van der Waals surface area contributed by atoms with Crippen molar-refractivity contribution in [2.45, 2.75) is 11.9 Å². The second-order valence-electron chi connectivity index (χ2n) is 4.01. The van der Waals surface area contributed by atoms with Gasteiger partial charge in [-0.15, -0.1) is 0 Å². The van der Waals surface area contributed by atoms with Crippen LogP contribution in [0.4, 0.5) is 5.82 Å². The SMILES string of the molecule is Cc1cccc(-c2nc(N)cc(SCC(=O)O)n2)c1. The summed E-state index contributed by atoms with van der Waals surface area (Å²) in [7, 11) is 0. The molecule has 1 aromatic carbocycles. The molecule has 0 unspecified atom stereocenters. The standard InChI is InChI=1S/C13H13N3O2S/c1-8-3-2-4-9(5-8)13-15-10(14)6-11(16-13)19-7-12(17)18/h2-6H,7H2,1H3,(H,17,18)(H2,14,15,16). The molecule has 19 heavy (non-hydrogen) atoms. The fourth-order valence-electron chi connectivity index (χ4n) is 1.57. The average Bonchev–Trinajstić information content (AvgIpc) is 2.36. The van der Waals surface area contributed by atoms with Gasteiger partial charge in [-0.05, 0) is 13.0 Å². The largest absolute Gasteiger partial charge is 0.481 e. The summed E-state index contributed by atoms with van der Waals surface area (Å²) < 4.78 is 0. The number of carboxylic acids is 1. The molecule has 0 aliphatic rings. The smallest absolute Gasteiger partial charge is 0.313 e. The Morgan fingerprint density at radius 2 is 2.16 bits per heavy atom. The van der Waals surface area contributed by atoms with Crippen LogP contribution in [-0.4, -0.2) is 26.8 Å². The number of carboxylic acid groups (broad SMARTS) is 1. The van der Waals surface area contributed by atoms with E-state index < -0.39 is 5.97 Å². The predicted octanol–water partition coefficient (Wildman–Crippen LogP) is 2.21. The monoisotopic (exact) mass is 275 g/mol. The molecule has 0 saturated heterocycles. The first-order valence-electron chi connectivity index (χ1n) is 5.61. The molecule has 5 nitrogen and oxygen atoms in total. The zero-order valence-electron chi connectivity index (χ0n) is 10.3. The van der Waals surface area contributed by atoms with Crippen molar-refractivity contribution in [2.75, 3.05) is 11.5 Å². The molecule has 0 bridgehead atoms. The van der Waals surface area contributed by atoms with Gasteiger partial charge in [0.1, 0.15) is 10.8 Å². The van der Waals surface area contributed by atoms with Crippen LogP contribution in [0.25, 0.3) is 11.4 Å². The maximum Gasteiger partial charge on any atom is 0.313 e. The maximum atomic E-state index is 10.6. The number of benzene rings is 1. The molecule has 0 atom stereocenters. The number of hydrogen-bond acceptors (Lipinski definition) is 5. The average molecular weight is 275 g/mol. The molecular weight excluding hydrogens is 262 g/mol. The lowest BCUT2D eigenvalue weighted by Gasteiger charge is -2.05. The van der Waals surface area contributed by atoms with Crippen LogP contribution in [0, 0.1) is 6.92 Å². The van der Waals surface area contributed by atoms with E-state index in [2.05, 4.69) is 9.97 Å². The fourth-order valence-corrected chi connectivity index (χ4v) is 2.19. The first-order valence-corrected chi connectivity index (χ1v) is 6.59. The van der Waals surface area contributed by atoms with Gasteiger partial charge in [-0.3, -0.25) is 4.79 Å². The number of carbonyl (C=O) groups is 1. The van der Waals surface area contributed by atoms with Crippen LogP contribution >= 0.6 is 11.8 Å². The normalized spacial score (nSPS) is 10.4. The molecule has 1 aromatic heterocycles. The fraction of sp³-hybridized carbons (Fsp3) is 0.154. The van der Waals surface area contributed by atoms with Crippen molar-refractivity contribution in [2.24, 2.45) is 0 Å². The lowest BCUT2D eigenvalue weighted by molar-refractivity contribution is -0.133. The van der Waals surface area contributed by atoms with Crippen LogP contribution in [0.1, 0.15) is 5.56 Å². The Balaban J connectivity index is 2.33. The third-order valence-electron chi connectivity index (χ3n) is 2.34. The highest BCUT2D eigenvalue weighted by Crippen LogP contribution is 2.23. The zero-order valence-corrected chi connectivity index (χ0v) is 11.1. The number of nitrogens with zero attached hydrogens (tertiary/aromatic N) is 2. The zero-order chi connectivity index (χ0) is 13.8. The molecule has 3 N–H and O–H groups in total. The van der Waals surface area contributed by atoms with E-state index in [1.54, 1.807) is 6.07 Å². The minimum Gasteiger partial charge on any atom is -0.481 e. The third kappa shape index (κ3) is 3.69. The van der Waals surface area contributed by atoms with Crippen LogP contribution in [0.3, 0.4) is 0 Å². The molecule has 0 fully saturated rings. The minimum absolute atomic E-state index is 0.0519. The van der Waals surface area contributed by atoms with E-state index in [0.29, 0.717) is 16.7 Å². The molecule has 0 amide bonds. The van der Waals surface area contributed by atoms with Crippen molar-refractivity contribution in [3.8, 4) is 11.4 Å². The van der Waals surface area contributed by atoms with Gasteiger partial charge >= 0.3 is 5.97 Å². The molecule has 0 spiro atoms. The Morgan fingerprint density at radius 1 is 1.37 bits per heavy atom. The summed E-state index contributed by atoms with van der Waals surface area (Å²) in [6.07, 6.45) is 0. The quantitative estimate of drug-likeness (QED) is 0.657. The minimum atomic E-state index is -0.890. The number of rotatable bonds is 4. The summed E-state index contributed by atoms with van der Waals surface area (Å²) in [5.41, 5.74) is 7.69. The van der Waals surface area contributed by atoms with Crippen LogP contribution in [0.15, 0.2) is 35.4 Å². The van der Waals surface area contributed by atoms with Gasteiger partial charge in [0.25, 0.3) is 0 Å². The number of thioether (sulfide) groups is 1. The van der Waals surface area contributed by atoms with Crippen molar-refractivity contribution >= 4 is 23.5 Å². The number of nitrogens with two attached hydrogens (primary N) is 1. The van der Waals surface area contributed by atoms with E-state index >= 15 is 0 Å². The lowest BCUT2D eigenvalue weighted by Crippen LogP contribution is -2.01. The number of aromatic nitrogens is 2. The molecule has 0 radical (unpaired) electrons. The van der Waals surface area contributed by atoms with Crippen molar-refractivity contribution in [1.82, 2.24) is 9.97 Å². The van der Waals surface area contributed by atoms with Crippen molar-refractivity contribution in [1.29, 1.82) is 0 Å². The first kappa shape index (κ1) is 13.4. The lowest BCUT2D eigenvalue weighted by atomic mass is 10.1. The second-order valence-corrected chi connectivity index (χ2v) is 5.00. The number of anilines is 1. The highest BCUT2D eigenvalue weighted by atomic mass is 32.2. The van der Waals surface area contributed by atoms with Gasteiger partial charge in [-0.1, -0.05) is 35.5 Å². The highest BCUT2D eigenvalue weighted by Gasteiger charge is 2.07. The van der Waals surface area contributed by atoms with Gasteiger partial charge < -0.3 is 10.8 Å². The van der Waals surface area contributed by atoms with Crippen molar-refractivity contribution in [3.05, 3.63) is 35.9 Å². The molecule has 0 aliphatic carbocycles. The number of aryl methyl sites for hydroxylation is 1. The summed E-state index contributed by atoms with van der Waals surface area (Å²) in [6.45, 7) is 1.98. The summed E-state index contributed by atoms with van der Waals surface area (Å²) in [6, 6.07) is 9.33. The second kappa shape index (κ2) is 5.71. The highest BCUT2D eigenvalue weighted by molar-refractivity contribution is 7.99. The van der Waals surface area contributed by atoms with E-state index in [9.17, 15) is 4.79 Å². The summed E-state index contributed by atoms with van der Waals surface area (Å²) in [4.78, 5) is 19.1. The number of hydrogen-bond donors (Lipinski definition) is 2. The first-order chi connectivity index (χ1) is 9.04. The Bertz CT molecular complexity index is 617. The molecule has 2 rings (SSSR count). The van der Waals surface area contributed by atoms with E-state index in [1.807, 2.05) is 31.2 Å². The van der Waals surface area contributed by atoms with Crippen LogP contribution in [0.5, 0.6) is 0 Å². The van der Waals surface area contributed by atoms with Crippen LogP contribution < -0.4 is 5.73 Å². The number of aliphatic carboxylic acids is 1. The molecular formula is C13H13N3O2S. The Morgan fingerprint density at radius 3 is 2.84 bits per heavy atom. The number of nitrogen functional groups attached to an aromatic ring is 1. The van der Waals surface area contributed by atoms with E-state index in [0.717, 1.165) is 22.9 Å². The topological polar surface area (TPSA) is 89.1 Å². The van der Waals surface area contributed by atoms with Gasteiger partial charge in [-0.25, -0.2) is 9.97 Å². The molecule has 6 heteroatoms.